The number of nitrogens with one attached hydrogen (secondary N) is 1. The number of hydrogen-bond donors (Lipinski definition) is 1. The Morgan fingerprint density at radius 1 is 1.37 bits per heavy atom. The Balaban J connectivity index is 2.41. The molecule has 0 spiro atoms. The molecule has 4 heteroatoms. The van der Waals surface area contributed by atoms with E-state index in [9.17, 15) is 0 Å². The van der Waals surface area contributed by atoms with Crippen molar-refractivity contribution in [2.24, 2.45) is 0 Å². The van der Waals surface area contributed by atoms with Gasteiger partial charge in [-0.2, -0.15) is 0 Å². The summed E-state index contributed by atoms with van der Waals surface area (Å²) in [6, 6.07) is 4.64. The third kappa shape index (κ3) is 7.65. The normalized spacial score (nSPS) is 12.6. The molecule has 0 aliphatic heterocycles. The van der Waals surface area contributed by atoms with Gasteiger partial charge in [0.2, 0.25) is 0 Å². The summed E-state index contributed by atoms with van der Waals surface area (Å²) in [6.45, 7) is 6.96. The van der Waals surface area contributed by atoms with Gasteiger partial charge >= 0.3 is 0 Å². The average Bonchev–Trinajstić information content (AvgIpc) is 2.43. The van der Waals surface area contributed by atoms with Gasteiger partial charge in [-0.25, -0.2) is 0 Å². The number of rotatable bonds is 10. The molecule has 1 aromatic heterocycles. The first-order chi connectivity index (χ1) is 9.26. The molecule has 1 N–H and O–H groups in total. The van der Waals surface area contributed by atoms with Crippen molar-refractivity contribution in [2.45, 2.75) is 45.6 Å². The first-order valence-electron chi connectivity index (χ1n) is 7.17. The van der Waals surface area contributed by atoms with Crippen molar-refractivity contribution in [1.29, 1.82) is 0 Å². The van der Waals surface area contributed by atoms with Crippen LogP contribution in [0.15, 0.2) is 22.8 Å². The van der Waals surface area contributed by atoms with Crippen LogP contribution < -0.4 is 5.32 Å². The number of aromatic nitrogens is 1. The molecule has 0 aromatic carbocycles. The van der Waals surface area contributed by atoms with E-state index in [1.165, 1.54) is 0 Å². The highest BCUT2D eigenvalue weighted by molar-refractivity contribution is 9.10. The van der Waals surface area contributed by atoms with E-state index in [1.807, 2.05) is 13.1 Å². The van der Waals surface area contributed by atoms with Gasteiger partial charge in [0.15, 0.2) is 0 Å². The third-order valence-corrected chi connectivity index (χ3v) is 3.44. The Morgan fingerprint density at radius 2 is 2.21 bits per heavy atom. The predicted octanol–water partition coefficient (Wildman–Crippen LogP) is 3.57. The second kappa shape index (κ2) is 10.4. The standard InChI is InChI=1S/C15H25BrN2O/c1-3-9-17-14(6-5-10-19-4-2)11-15-8-7-13(16)12-18-15/h7-8,12,14,17H,3-6,9-11H2,1-2H3. The Morgan fingerprint density at radius 3 is 2.84 bits per heavy atom. The Bertz CT molecular complexity index is 329. The van der Waals surface area contributed by atoms with Gasteiger partial charge in [0.25, 0.3) is 0 Å². The van der Waals surface area contributed by atoms with Gasteiger partial charge in [-0.3, -0.25) is 4.98 Å². The molecule has 0 bridgehead atoms. The summed E-state index contributed by atoms with van der Waals surface area (Å²) in [5, 5.41) is 3.60. The van der Waals surface area contributed by atoms with Crippen LogP contribution in [0.2, 0.25) is 0 Å². The topological polar surface area (TPSA) is 34.1 Å². The molecule has 0 aliphatic carbocycles. The molecule has 0 amide bonds. The van der Waals surface area contributed by atoms with Crippen molar-refractivity contribution in [3.05, 3.63) is 28.5 Å². The lowest BCUT2D eigenvalue weighted by molar-refractivity contribution is 0.140. The van der Waals surface area contributed by atoms with Gasteiger partial charge in [-0.15, -0.1) is 0 Å². The van der Waals surface area contributed by atoms with E-state index in [-0.39, 0.29) is 0 Å². The van der Waals surface area contributed by atoms with Crippen molar-refractivity contribution in [1.82, 2.24) is 10.3 Å². The molecule has 1 atom stereocenters. The van der Waals surface area contributed by atoms with E-state index >= 15 is 0 Å². The second-order valence-corrected chi connectivity index (χ2v) is 5.58. The number of pyridine rings is 1. The smallest absolute Gasteiger partial charge is 0.0466 e. The molecule has 3 nitrogen and oxygen atoms in total. The van der Waals surface area contributed by atoms with Crippen LogP contribution in [0.4, 0.5) is 0 Å². The monoisotopic (exact) mass is 328 g/mol. The SMILES string of the molecule is CCCNC(CCCOCC)Cc1ccc(Br)cn1. The van der Waals surface area contributed by atoms with Gasteiger partial charge in [0.1, 0.15) is 0 Å². The van der Waals surface area contributed by atoms with Gasteiger partial charge in [-0.1, -0.05) is 6.92 Å². The number of halogens is 1. The summed E-state index contributed by atoms with van der Waals surface area (Å²) in [5.74, 6) is 0. The first-order valence-corrected chi connectivity index (χ1v) is 7.97. The van der Waals surface area contributed by atoms with Crippen LogP contribution in [0.5, 0.6) is 0 Å². The minimum atomic E-state index is 0.495. The van der Waals surface area contributed by atoms with Crippen LogP contribution >= 0.6 is 15.9 Å². The van der Waals surface area contributed by atoms with Gasteiger partial charge < -0.3 is 10.1 Å². The molecule has 1 unspecified atom stereocenters. The quantitative estimate of drug-likeness (QED) is 0.667. The summed E-state index contributed by atoms with van der Waals surface area (Å²) < 4.78 is 6.44. The van der Waals surface area contributed by atoms with Crippen molar-refractivity contribution in [3.8, 4) is 0 Å². The average molecular weight is 329 g/mol. The summed E-state index contributed by atoms with van der Waals surface area (Å²) in [5.41, 5.74) is 1.15. The Kier molecular flexibility index (Phi) is 9.05. The zero-order chi connectivity index (χ0) is 13.9. The fourth-order valence-corrected chi connectivity index (χ4v) is 2.22. The lowest BCUT2D eigenvalue weighted by Crippen LogP contribution is -2.32. The Hall–Kier alpha value is -0.450. The summed E-state index contributed by atoms with van der Waals surface area (Å²) in [4.78, 5) is 4.45. The number of ether oxygens (including phenoxy) is 1. The number of hydrogen-bond acceptors (Lipinski definition) is 3. The highest BCUT2D eigenvalue weighted by Crippen LogP contribution is 2.10. The van der Waals surface area contributed by atoms with Crippen LogP contribution in [0.25, 0.3) is 0 Å². The van der Waals surface area contributed by atoms with Gasteiger partial charge in [0, 0.05) is 42.0 Å². The maximum absolute atomic E-state index is 5.40. The Labute approximate surface area is 125 Å². The maximum atomic E-state index is 5.40. The molecule has 1 heterocycles. The predicted molar refractivity (Wildman–Crippen MR) is 83.4 cm³/mol. The van der Waals surface area contributed by atoms with Crippen LogP contribution in [-0.2, 0) is 11.2 Å². The minimum absolute atomic E-state index is 0.495. The van der Waals surface area contributed by atoms with Crippen LogP contribution in [0.3, 0.4) is 0 Å². The molecule has 0 saturated carbocycles. The molecule has 108 valence electrons. The highest BCUT2D eigenvalue weighted by Gasteiger charge is 2.09. The molecule has 0 saturated heterocycles. The van der Waals surface area contributed by atoms with E-state index in [0.29, 0.717) is 6.04 Å². The molecule has 0 aliphatic rings. The third-order valence-electron chi connectivity index (χ3n) is 2.97. The molecule has 0 fully saturated rings. The van der Waals surface area contributed by atoms with Crippen molar-refractivity contribution in [3.63, 3.8) is 0 Å². The van der Waals surface area contributed by atoms with Crippen molar-refractivity contribution in [2.75, 3.05) is 19.8 Å². The van der Waals surface area contributed by atoms with Crippen molar-refractivity contribution < 1.29 is 4.74 Å². The van der Waals surface area contributed by atoms with E-state index in [1.54, 1.807) is 0 Å². The summed E-state index contributed by atoms with van der Waals surface area (Å²) in [7, 11) is 0. The lowest BCUT2D eigenvalue weighted by atomic mass is 10.1. The van der Waals surface area contributed by atoms with Crippen molar-refractivity contribution >= 4 is 15.9 Å². The minimum Gasteiger partial charge on any atom is -0.382 e. The molecular weight excluding hydrogens is 304 g/mol. The van der Waals surface area contributed by atoms with Crippen LogP contribution in [-0.4, -0.2) is 30.8 Å². The summed E-state index contributed by atoms with van der Waals surface area (Å²) in [6.07, 6.45) is 6.25. The fourth-order valence-electron chi connectivity index (χ4n) is 1.98. The molecular formula is C15H25BrN2O. The fraction of sp³-hybridized carbons (Fsp3) is 0.667. The molecule has 1 aromatic rings. The lowest BCUT2D eigenvalue weighted by Gasteiger charge is -2.18. The summed E-state index contributed by atoms with van der Waals surface area (Å²) >= 11 is 3.42. The van der Waals surface area contributed by atoms with E-state index in [2.05, 4.69) is 45.3 Å². The van der Waals surface area contributed by atoms with Gasteiger partial charge in [-0.05, 0) is 60.8 Å². The maximum Gasteiger partial charge on any atom is 0.0466 e. The van der Waals surface area contributed by atoms with Gasteiger partial charge in [0.05, 0.1) is 0 Å². The largest absolute Gasteiger partial charge is 0.382 e. The number of nitrogens with zero attached hydrogens (tertiary/aromatic N) is 1. The highest BCUT2D eigenvalue weighted by atomic mass is 79.9. The molecule has 1 rings (SSSR count). The first kappa shape index (κ1) is 16.6. The zero-order valence-corrected chi connectivity index (χ0v) is 13.6. The van der Waals surface area contributed by atoms with E-state index < -0.39 is 0 Å². The molecule has 19 heavy (non-hydrogen) atoms. The molecule has 0 radical (unpaired) electrons. The zero-order valence-electron chi connectivity index (χ0n) is 12.0. The van der Waals surface area contributed by atoms with Crippen LogP contribution in [0.1, 0.15) is 38.8 Å². The van der Waals surface area contributed by atoms with E-state index in [0.717, 1.165) is 55.6 Å². The second-order valence-electron chi connectivity index (χ2n) is 4.66. The van der Waals surface area contributed by atoms with Crippen LogP contribution in [0, 0.1) is 0 Å². The van der Waals surface area contributed by atoms with E-state index in [4.69, 9.17) is 4.74 Å².